The Morgan fingerprint density at radius 2 is 1.53 bits per heavy atom. The molecule has 1 aromatic rings. The van der Waals surface area contributed by atoms with Gasteiger partial charge in [-0.3, -0.25) is 0 Å². The lowest BCUT2D eigenvalue weighted by molar-refractivity contribution is -0.166. The standard InChI is InChI=1S/C6HF6N3O2/c7-5(8,9)1-2(4(16)17)13-15-14-3(1)6(10,11)12/h(H,16,17). The summed E-state index contributed by atoms with van der Waals surface area (Å²) in [4.78, 5) is 10.3. The first-order valence-electron chi connectivity index (χ1n) is 3.66. The molecule has 1 heterocycles. The maximum atomic E-state index is 12.3. The van der Waals surface area contributed by atoms with E-state index in [1.165, 1.54) is 0 Å². The predicted molar refractivity (Wildman–Crippen MR) is 36.8 cm³/mol. The van der Waals surface area contributed by atoms with E-state index in [9.17, 15) is 31.1 Å². The van der Waals surface area contributed by atoms with Crippen molar-refractivity contribution in [2.75, 3.05) is 0 Å². The van der Waals surface area contributed by atoms with Gasteiger partial charge in [-0.25, -0.2) is 4.79 Å². The molecule has 17 heavy (non-hydrogen) atoms. The van der Waals surface area contributed by atoms with E-state index in [1.54, 1.807) is 0 Å². The van der Waals surface area contributed by atoms with Crippen LogP contribution in [0.25, 0.3) is 0 Å². The zero-order valence-corrected chi connectivity index (χ0v) is 7.46. The molecular formula is C6HF6N3O2. The first kappa shape index (κ1) is 13.1. The molecule has 0 aromatic carbocycles. The van der Waals surface area contributed by atoms with Crippen LogP contribution in [0.3, 0.4) is 0 Å². The fourth-order valence-electron chi connectivity index (χ4n) is 0.941. The van der Waals surface area contributed by atoms with Crippen molar-refractivity contribution in [1.82, 2.24) is 15.4 Å². The number of hydrogen-bond donors (Lipinski definition) is 1. The molecule has 0 saturated heterocycles. The lowest BCUT2D eigenvalue weighted by atomic mass is 10.1. The van der Waals surface area contributed by atoms with E-state index < -0.39 is 35.3 Å². The largest absolute Gasteiger partial charge is 0.476 e. The number of alkyl halides is 6. The van der Waals surface area contributed by atoms with Crippen LogP contribution in [0.5, 0.6) is 0 Å². The fraction of sp³-hybridized carbons (Fsp3) is 0.333. The summed E-state index contributed by atoms with van der Waals surface area (Å²) in [6.07, 6.45) is -11.0. The van der Waals surface area contributed by atoms with Crippen molar-refractivity contribution in [1.29, 1.82) is 0 Å². The molecule has 0 radical (unpaired) electrons. The van der Waals surface area contributed by atoms with E-state index >= 15 is 0 Å². The van der Waals surface area contributed by atoms with Crippen molar-refractivity contribution in [3.8, 4) is 0 Å². The molecule has 0 bridgehead atoms. The zero-order chi connectivity index (χ0) is 13.4. The van der Waals surface area contributed by atoms with Gasteiger partial charge in [-0.15, -0.1) is 10.2 Å². The number of rotatable bonds is 1. The number of halogens is 6. The molecule has 0 amide bonds. The highest BCUT2D eigenvalue weighted by Crippen LogP contribution is 2.39. The number of carbonyl (C=O) groups is 1. The number of nitrogens with zero attached hydrogens (tertiary/aromatic N) is 3. The van der Waals surface area contributed by atoms with Crippen molar-refractivity contribution < 1.29 is 36.2 Å². The SMILES string of the molecule is O=C(O)c1nnnc(C(F)(F)F)c1C(F)(F)F. The molecule has 0 unspecified atom stereocenters. The zero-order valence-electron chi connectivity index (χ0n) is 7.46. The number of hydrogen-bond acceptors (Lipinski definition) is 4. The Morgan fingerprint density at radius 3 is 1.88 bits per heavy atom. The summed E-state index contributed by atoms with van der Waals surface area (Å²) in [5, 5.41) is 15.3. The van der Waals surface area contributed by atoms with Crippen LogP contribution >= 0.6 is 0 Å². The molecule has 1 N–H and O–H groups in total. The van der Waals surface area contributed by atoms with Gasteiger partial charge in [-0.1, -0.05) is 0 Å². The first-order valence-corrected chi connectivity index (χ1v) is 3.66. The van der Waals surface area contributed by atoms with Crippen LogP contribution in [0.1, 0.15) is 21.7 Å². The van der Waals surface area contributed by atoms with Gasteiger partial charge >= 0.3 is 18.3 Å². The lowest BCUT2D eigenvalue weighted by Gasteiger charge is -2.14. The number of aromatic carboxylic acids is 1. The second-order valence-corrected chi connectivity index (χ2v) is 2.66. The Labute approximate surface area is 88.1 Å². The molecule has 0 aliphatic carbocycles. The quantitative estimate of drug-likeness (QED) is 0.777. The van der Waals surface area contributed by atoms with Crippen molar-refractivity contribution in [2.45, 2.75) is 12.4 Å². The Kier molecular flexibility index (Phi) is 2.95. The molecule has 11 heteroatoms. The molecular weight excluding hydrogens is 260 g/mol. The summed E-state index contributed by atoms with van der Waals surface area (Å²) in [6, 6.07) is 0. The Balaban J connectivity index is 3.64. The van der Waals surface area contributed by atoms with E-state index in [4.69, 9.17) is 5.11 Å². The fourth-order valence-corrected chi connectivity index (χ4v) is 0.941. The van der Waals surface area contributed by atoms with Crippen LogP contribution in [-0.2, 0) is 12.4 Å². The average molecular weight is 261 g/mol. The summed E-state index contributed by atoms with van der Waals surface area (Å²) in [5.41, 5.74) is -6.75. The monoisotopic (exact) mass is 261 g/mol. The highest BCUT2D eigenvalue weighted by Gasteiger charge is 2.48. The van der Waals surface area contributed by atoms with Crippen molar-refractivity contribution in [3.05, 3.63) is 17.0 Å². The first-order chi connectivity index (χ1) is 7.55. The third-order valence-corrected chi connectivity index (χ3v) is 1.52. The Bertz CT molecular complexity index is 454. The molecule has 0 atom stereocenters. The van der Waals surface area contributed by atoms with Crippen LogP contribution in [0.4, 0.5) is 26.3 Å². The van der Waals surface area contributed by atoms with Crippen LogP contribution in [0.2, 0.25) is 0 Å². The number of carboxylic acids is 1. The molecule has 94 valence electrons. The molecule has 0 saturated carbocycles. The third-order valence-electron chi connectivity index (χ3n) is 1.52. The minimum absolute atomic E-state index is 1.85. The molecule has 1 aromatic heterocycles. The van der Waals surface area contributed by atoms with E-state index in [0.29, 0.717) is 0 Å². The number of aromatic nitrogens is 3. The molecule has 0 aliphatic heterocycles. The van der Waals surface area contributed by atoms with Gasteiger partial charge < -0.3 is 5.11 Å². The van der Waals surface area contributed by atoms with Gasteiger partial charge in [0.25, 0.3) is 0 Å². The molecule has 0 aliphatic rings. The highest BCUT2D eigenvalue weighted by molar-refractivity contribution is 5.87. The second kappa shape index (κ2) is 3.82. The highest BCUT2D eigenvalue weighted by atomic mass is 19.4. The second-order valence-electron chi connectivity index (χ2n) is 2.66. The van der Waals surface area contributed by atoms with E-state index in [-0.39, 0.29) is 0 Å². The predicted octanol–water partition coefficient (Wildman–Crippen LogP) is 1.61. The third kappa shape index (κ3) is 2.60. The van der Waals surface area contributed by atoms with E-state index in [1.807, 2.05) is 0 Å². The maximum absolute atomic E-state index is 12.3. The van der Waals surface area contributed by atoms with Gasteiger partial charge in [-0.05, 0) is 5.21 Å². The molecule has 0 fully saturated rings. The summed E-state index contributed by atoms with van der Waals surface area (Å²) in [5.74, 6) is -2.28. The van der Waals surface area contributed by atoms with Gasteiger partial charge in [0.05, 0.1) is 0 Å². The minimum Gasteiger partial charge on any atom is -0.476 e. The van der Waals surface area contributed by atoms with E-state index in [0.717, 1.165) is 0 Å². The minimum atomic E-state index is -5.55. The topological polar surface area (TPSA) is 76.0 Å². The van der Waals surface area contributed by atoms with Gasteiger partial charge in [0, 0.05) is 0 Å². The summed E-state index contributed by atoms with van der Waals surface area (Å²) < 4.78 is 73.6. The Morgan fingerprint density at radius 1 is 1.00 bits per heavy atom. The van der Waals surface area contributed by atoms with Gasteiger partial charge in [0.15, 0.2) is 11.4 Å². The molecule has 1 rings (SSSR count). The van der Waals surface area contributed by atoms with Crippen molar-refractivity contribution >= 4 is 5.97 Å². The normalized spacial score (nSPS) is 12.6. The molecule has 5 nitrogen and oxygen atoms in total. The maximum Gasteiger partial charge on any atom is 0.435 e. The smallest absolute Gasteiger partial charge is 0.435 e. The van der Waals surface area contributed by atoms with Crippen LogP contribution in [-0.4, -0.2) is 26.5 Å². The summed E-state index contributed by atoms with van der Waals surface area (Å²) in [6.45, 7) is 0. The van der Waals surface area contributed by atoms with Gasteiger partial charge in [0.1, 0.15) is 5.56 Å². The van der Waals surface area contributed by atoms with Crippen LogP contribution < -0.4 is 0 Å². The van der Waals surface area contributed by atoms with Gasteiger partial charge in [0.2, 0.25) is 0 Å². The lowest BCUT2D eigenvalue weighted by Crippen LogP contribution is -2.25. The number of carboxylic acid groups (broad SMARTS) is 1. The van der Waals surface area contributed by atoms with Crippen LogP contribution in [0.15, 0.2) is 0 Å². The van der Waals surface area contributed by atoms with Gasteiger partial charge in [-0.2, -0.15) is 26.3 Å². The average Bonchev–Trinajstić information content (AvgIpc) is 2.13. The Hall–Kier alpha value is -1.94. The van der Waals surface area contributed by atoms with Crippen molar-refractivity contribution in [3.63, 3.8) is 0 Å². The molecule has 0 spiro atoms. The van der Waals surface area contributed by atoms with Crippen molar-refractivity contribution in [2.24, 2.45) is 0 Å². The summed E-state index contributed by atoms with van der Waals surface area (Å²) >= 11 is 0. The van der Waals surface area contributed by atoms with E-state index in [2.05, 4.69) is 15.4 Å². The van der Waals surface area contributed by atoms with Crippen LogP contribution in [0, 0.1) is 0 Å². The summed E-state index contributed by atoms with van der Waals surface area (Å²) in [7, 11) is 0.